The lowest BCUT2D eigenvalue weighted by Gasteiger charge is -2.33. The molecule has 2 aromatic carbocycles. The smallest absolute Gasteiger partial charge is 0.225 e. The van der Waals surface area contributed by atoms with Crippen molar-refractivity contribution >= 4 is 22.8 Å². The van der Waals surface area contributed by atoms with Gasteiger partial charge >= 0.3 is 0 Å². The van der Waals surface area contributed by atoms with Gasteiger partial charge in [-0.05, 0) is 62.4 Å². The zero-order chi connectivity index (χ0) is 23.7. The maximum atomic E-state index is 13.0. The van der Waals surface area contributed by atoms with Crippen molar-refractivity contribution in [2.45, 2.75) is 40.2 Å². The van der Waals surface area contributed by atoms with Crippen molar-refractivity contribution in [3.05, 3.63) is 77.2 Å². The Morgan fingerprint density at radius 1 is 1.06 bits per heavy atom. The Hall–Kier alpha value is -3.74. The molecule has 0 radical (unpaired) electrons. The molecule has 7 heteroatoms. The van der Waals surface area contributed by atoms with Crippen LogP contribution in [0, 0.1) is 26.7 Å². The third-order valence-electron chi connectivity index (χ3n) is 6.72. The van der Waals surface area contributed by atoms with Crippen LogP contribution in [0.2, 0.25) is 0 Å². The lowest BCUT2D eigenvalue weighted by molar-refractivity contribution is -0.125. The van der Waals surface area contributed by atoms with Crippen molar-refractivity contribution < 1.29 is 4.79 Å². The van der Waals surface area contributed by atoms with Crippen molar-refractivity contribution in [3.8, 4) is 5.69 Å². The zero-order valence-corrected chi connectivity index (χ0v) is 20.0. The molecule has 3 heterocycles. The van der Waals surface area contributed by atoms with Gasteiger partial charge in [0.15, 0.2) is 5.65 Å². The van der Waals surface area contributed by atoms with E-state index in [0.717, 1.165) is 41.8 Å². The molecule has 1 aliphatic rings. The molecule has 0 spiro atoms. The van der Waals surface area contributed by atoms with E-state index in [1.165, 1.54) is 16.7 Å². The quantitative estimate of drug-likeness (QED) is 0.487. The summed E-state index contributed by atoms with van der Waals surface area (Å²) in [5.74, 6) is 0.871. The number of benzene rings is 2. The highest BCUT2D eigenvalue weighted by Gasteiger charge is 2.28. The first kappa shape index (κ1) is 22.1. The first-order valence-corrected chi connectivity index (χ1v) is 11.8. The second-order valence-electron chi connectivity index (χ2n) is 9.27. The predicted octanol–water partition coefficient (Wildman–Crippen LogP) is 4.27. The first-order valence-electron chi connectivity index (χ1n) is 11.8. The molecule has 0 bridgehead atoms. The summed E-state index contributed by atoms with van der Waals surface area (Å²) < 4.78 is 1.85. The summed E-state index contributed by atoms with van der Waals surface area (Å²) in [6.45, 7) is 8.32. The van der Waals surface area contributed by atoms with Crippen molar-refractivity contribution in [1.29, 1.82) is 0 Å². The van der Waals surface area contributed by atoms with Crippen LogP contribution in [0.15, 0.2) is 55.0 Å². The van der Waals surface area contributed by atoms with Crippen LogP contribution in [0.5, 0.6) is 0 Å². The van der Waals surface area contributed by atoms with Gasteiger partial charge < -0.3 is 10.2 Å². The third-order valence-corrected chi connectivity index (χ3v) is 6.72. The molecule has 34 heavy (non-hydrogen) atoms. The van der Waals surface area contributed by atoms with Gasteiger partial charge in [0.1, 0.15) is 12.1 Å². The summed E-state index contributed by atoms with van der Waals surface area (Å²) in [5.41, 5.74) is 6.49. The number of piperidine rings is 1. The van der Waals surface area contributed by atoms with Gasteiger partial charge in [-0.25, -0.2) is 14.6 Å². The average Bonchev–Trinajstić information content (AvgIpc) is 3.29. The fraction of sp³-hybridized carbons (Fsp3) is 0.333. The summed E-state index contributed by atoms with van der Waals surface area (Å²) in [4.78, 5) is 24.2. The molecule has 1 amide bonds. The number of aromatic nitrogens is 4. The molecule has 5 rings (SSSR count). The highest BCUT2D eigenvalue weighted by atomic mass is 16.1. The summed E-state index contributed by atoms with van der Waals surface area (Å²) in [7, 11) is 0. The number of nitrogens with one attached hydrogen (secondary N) is 1. The van der Waals surface area contributed by atoms with E-state index in [1.54, 1.807) is 6.33 Å². The highest BCUT2D eigenvalue weighted by Crippen LogP contribution is 2.28. The predicted molar refractivity (Wildman–Crippen MR) is 134 cm³/mol. The minimum absolute atomic E-state index is 0.0718. The molecule has 0 unspecified atom stereocenters. The molecule has 0 saturated carbocycles. The number of fused-ring (bicyclic) bond motifs is 1. The Balaban J connectivity index is 1.31. The van der Waals surface area contributed by atoms with Crippen LogP contribution in [0.3, 0.4) is 0 Å². The molecular weight excluding hydrogens is 424 g/mol. The highest BCUT2D eigenvalue weighted by molar-refractivity contribution is 5.87. The summed E-state index contributed by atoms with van der Waals surface area (Å²) >= 11 is 0. The van der Waals surface area contributed by atoms with Crippen LogP contribution in [0.1, 0.15) is 35.1 Å². The maximum absolute atomic E-state index is 13.0. The molecule has 1 fully saturated rings. The summed E-state index contributed by atoms with van der Waals surface area (Å²) in [6.07, 6.45) is 5.37. The van der Waals surface area contributed by atoms with Gasteiger partial charge in [-0.2, -0.15) is 0 Å². The van der Waals surface area contributed by atoms with Gasteiger partial charge in [0.05, 0.1) is 17.0 Å². The van der Waals surface area contributed by atoms with Crippen LogP contribution in [-0.4, -0.2) is 38.7 Å². The van der Waals surface area contributed by atoms with Crippen LogP contribution in [0.25, 0.3) is 16.7 Å². The van der Waals surface area contributed by atoms with Gasteiger partial charge in [0.25, 0.3) is 0 Å². The van der Waals surface area contributed by atoms with E-state index in [0.29, 0.717) is 18.7 Å². The van der Waals surface area contributed by atoms with E-state index in [-0.39, 0.29) is 11.8 Å². The van der Waals surface area contributed by atoms with Crippen LogP contribution in [0.4, 0.5) is 5.82 Å². The standard InChI is InChI=1S/C27H30N6O/c1-18-6-10-23(11-7-18)33-16-24-25(31-33)29-17-30-26(24)32-12-4-5-22(15-32)27(34)28-14-21-9-8-19(2)20(3)13-21/h6-11,13,16-17,22H,4-5,12,14-15H2,1-3H3,(H,28,34)/t22-/m1/s1. The lowest BCUT2D eigenvalue weighted by Crippen LogP contribution is -2.43. The van der Waals surface area contributed by atoms with Gasteiger partial charge in [-0.3, -0.25) is 4.79 Å². The summed E-state index contributed by atoms with van der Waals surface area (Å²) in [5, 5.41) is 8.70. The average molecular weight is 455 g/mol. The first-order chi connectivity index (χ1) is 16.5. The molecule has 1 saturated heterocycles. The normalized spacial score (nSPS) is 16.1. The number of rotatable bonds is 5. The third kappa shape index (κ3) is 4.51. The zero-order valence-electron chi connectivity index (χ0n) is 20.0. The Labute approximate surface area is 199 Å². The van der Waals surface area contributed by atoms with E-state index < -0.39 is 0 Å². The number of amides is 1. The van der Waals surface area contributed by atoms with Crippen molar-refractivity contribution in [1.82, 2.24) is 25.1 Å². The van der Waals surface area contributed by atoms with E-state index >= 15 is 0 Å². The van der Waals surface area contributed by atoms with Crippen molar-refractivity contribution in [2.24, 2.45) is 5.92 Å². The summed E-state index contributed by atoms with van der Waals surface area (Å²) in [6, 6.07) is 14.6. The number of hydrogen-bond donors (Lipinski definition) is 1. The van der Waals surface area contributed by atoms with Gasteiger partial charge in [0.2, 0.25) is 5.91 Å². The largest absolute Gasteiger partial charge is 0.355 e. The van der Waals surface area contributed by atoms with E-state index in [2.05, 4.69) is 76.4 Å². The van der Waals surface area contributed by atoms with Gasteiger partial charge in [0, 0.05) is 25.8 Å². The van der Waals surface area contributed by atoms with Crippen LogP contribution in [-0.2, 0) is 11.3 Å². The lowest BCUT2D eigenvalue weighted by atomic mass is 9.96. The monoisotopic (exact) mass is 454 g/mol. The van der Waals surface area contributed by atoms with E-state index in [9.17, 15) is 4.79 Å². The molecule has 1 N–H and O–H groups in total. The Morgan fingerprint density at radius 3 is 2.68 bits per heavy atom. The van der Waals surface area contributed by atoms with E-state index in [4.69, 9.17) is 0 Å². The Bertz CT molecular complexity index is 1330. The van der Waals surface area contributed by atoms with Crippen molar-refractivity contribution in [2.75, 3.05) is 18.0 Å². The van der Waals surface area contributed by atoms with Crippen molar-refractivity contribution in [3.63, 3.8) is 0 Å². The maximum Gasteiger partial charge on any atom is 0.225 e. The fourth-order valence-electron chi connectivity index (χ4n) is 4.54. The second kappa shape index (κ2) is 9.25. The fourth-order valence-corrected chi connectivity index (χ4v) is 4.54. The number of aryl methyl sites for hydroxylation is 3. The Kier molecular flexibility index (Phi) is 6.01. The van der Waals surface area contributed by atoms with Crippen LogP contribution >= 0.6 is 0 Å². The number of carbonyl (C=O) groups excluding carboxylic acids is 1. The molecule has 2 aromatic heterocycles. The topological polar surface area (TPSA) is 75.9 Å². The van der Waals surface area contributed by atoms with E-state index in [1.807, 2.05) is 23.0 Å². The second-order valence-corrected chi connectivity index (χ2v) is 9.27. The number of hydrogen-bond acceptors (Lipinski definition) is 5. The molecular formula is C27H30N6O. The number of carbonyl (C=O) groups is 1. The van der Waals surface area contributed by atoms with Crippen LogP contribution < -0.4 is 10.2 Å². The molecule has 174 valence electrons. The number of anilines is 1. The van der Waals surface area contributed by atoms with Gasteiger partial charge in [-0.15, -0.1) is 5.10 Å². The SMILES string of the molecule is Cc1ccc(-n2cc3c(N4CCC[C@@H](C(=O)NCc5ccc(C)c(C)c5)C4)ncnc3n2)cc1. The molecule has 1 aliphatic heterocycles. The minimum atomic E-state index is -0.0718. The van der Waals surface area contributed by atoms with Gasteiger partial charge in [-0.1, -0.05) is 35.9 Å². The molecule has 7 nitrogen and oxygen atoms in total. The Morgan fingerprint density at radius 2 is 1.88 bits per heavy atom. The molecule has 4 aromatic rings. The molecule has 0 aliphatic carbocycles. The number of nitrogens with zero attached hydrogens (tertiary/aromatic N) is 5. The molecule has 1 atom stereocenters. The minimum Gasteiger partial charge on any atom is -0.355 e.